The summed E-state index contributed by atoms with van der Waals surface area (Å²) in [5.41, 5.74) is -0.573. The molecule has 1 heterocycles. The zero-order valence-corrected chi connectivity index (χ0v) is 13.4. The summed E-state index contributed by atoms with van der Waals surface area (Å²) in [5, 5.41) is 13.4. The molecule has 0 radical (unpaired) electrons. The van der Waals surface area contributed by atoms with Gasteiger partial charge in [0.25, 0.3) is 0 Å². The molecule has 1 aliphatic heterocycles. The lowest BCUT2D eigenvalue weighted by Crippen LogP contribution is -2.59. The van der Waals surface area contributed by atoms with E-state index in [1.165, 1.54) is 6.92 Å². The van der Waals surface area contributed by atoms with Gasteiger partial charge in [-0.25, -0.2) is 0 Å². The van der Waals surface area contributed by atoms with E-state index in [0.717, 1.165) is 25.7 Å². The van der Waals surface area contributed by atoms with Gasteiger partial charge in [-0.1, -0.05) is 26.7 Å². The van der Waals surface area contributed by atoms with E-state index in [1.54, 1.807) is 0 Å². The minimum atomic E-state index is -0.573. The van der Waals surface area contributed by atoms with Crippen LogP contribution in [0.1, 0.15) is 52.9 Å². The Kier molecular flexibility index (Phi) is 4.91. The van der Waals surface area contributed by atoms with Gasteiger partial charge in [0.15, 0.2) is 0 Å². The van der Waals surface area contributed by atoms with Crippen molar-refractivity contribution < 1.29 is 14.7 Å². The van der Waals surface area contributed by atoms with Gasteiger partial charge < -0.3 is 15.3 Å². The molecule has 120 valence electrons. The molecule has 0 aromatic carbocycles. The predicted molar refractivity (Wildman–Crippen MR) is 80.5 cm³/mol. The molecule has 2 fully saturated rings. The van der Waals surface area contributed by atoms with E-state index in [1.807, 2.05) is 18.7 Å². The molecule has 21 heavy (non-hydrogen) atoms. The third-order valence-corrected chi connectivity index (χ3v) is 5.03. The average molecular weight is 296 g/mol. The predicted octanol–water partition coefficient (Wildman–Crippen LogP) is 1.30. The Balaban J connectivity index is 2.04. The van der Waals surface area contributed by atoms with Crippen molar-refractivity contribution in [3.8, 4) is 0 Å². The number of hydrogen-bond donors (Lipinski definition) is 2. The van der Waals surface area contributed by atoms with Crippen molar-refractivity contribution in [2.75, 3.05) is 13.1 Å². The van der Waals surface area contributed by atoms with Crippen molar-refractivity contribution in [1.29, 1.82) is 0 Å². The number of carbonyl (C=O) groups is 2. The van der Waals surface area contributed by atoms with Gasteiger partial charge in [-0.05, 0) is 25.2 Å². The maximum absolute atomic E-state index is 12.7. The van der Waals surface area contributed by atoms with E-state index in [2.05, 4.69) is 5.32 Å². The maximum Gasteiger partial charge on any atom is 0.245 e. The molecule has 0 aromatic rings. The Morgan fingerprint density at radius 2 is 2.00 bits per heavy atom. The fraction of sp³-hybridized carbons (Fsp3) is 0.875. The van der Waals surface area contributed by atoms with Crippen LogP contribution in [-0.4, -0.2) is 46.6 Å². The molecule has 3 unspecified atom stereocenters. The molecule has 0 aromatic heterocycles. The molecule has 2 aliphatic rings. The summed E-state index contributed by atoms with van der Waals surface area (Å²) in [7, 11) is 0. The molecular weight excluding hydrogens is 268 g/mol. The third-order valence-electron chi connectivity index (χ3n) is 5.03. The van der Waals surface area contributed by atoms with Gasteiger partial charge in [-0.2, -0.15) is 0 Å². The Bertz CT molecular complexity index is 410. The molecule has 2 rings (SSSR count). The highest BCUT2D eigenvalue weighted by Crippen LogP contribution is 2.39. The second-order valence-corrected chi connectivity index (χ2v) is 7.00. The van der Waals surface area contributed by atoms with Crippen molar-refractivity contribution in [1.82, 2.24) is 10.2 Å². The quantitative estimate of drug-likeness (QED) is 0.825. The van der Waals surface area contributed by atoms with Crippen LogP contribution in [0.5, 0.6) is 0 Å². The average Bonchev–Trinajstić information content (AvgIpc) is 2.42. The second kappa shape index (κ2) is 6.34. The van der Waals surface area contributed by atoms with Crippen LogP contribution in [0.2, 0.25) is 0 Å². The SMILES string of the molecule is CC(=O)NC(C(=O)N1CCC2(O)CCCCC2C1)C(C)C. The van der Waals surface area contributed by atoms with E-state index in [-0.39, 0.29) is 23.7 Å². The minimum Gasteiger partial charge on any atom is -0.389 e. The smallest absolute Gasteiger partial charge is 0.245 e. The van der Waals surface area contributed by atoms with E-state index >= 15 is 0 Å². The fourth-order valence-corrected chi connectivity index (χ4v) is 3.70. The van der Waals surface area contributed by atoms with Crippen LogP contribution in [0.25, 0.3) is 0 Å². The molecule has 2 amide bonds. The largest absolute Gasteiger partial charge is 0.389 e. The number of carbonyl (C=O) groups excluding carboxylic acids is 2. The third kappa shape index (κ3) is 3.57. The molecule has 1 aliphatic carbocycles. The number of nitrogens with one attached hydrogen (secondary N) is 1. The number of nitrogens with zero attached hydrogens (tertiary/aromatic N) is 1. The van der Waals surface area contributed by atoms with Crippen molar-refractivity contribution >= 4 is 11.8 Å². The molecule has 0 spiro atoms. The number of hydrogen-bond acceptors (Lipinski definition) is 3. The summed E-state index contributed by atoms with van der Waals surface area (Å²) >= 11 is 0. The highest BCUT2D eigenvalue weighted by Gasteiger charge is 2.44. The van der Waals surface area contributed by atoms with Crippen molar-refractivity contribution in [3.05, 3.63) is 0 Å². The molecule has 0 bridgehead atoms. The first-order valence-corrected chi connectivity index (χ1v) is 8.12. The number of aliphatic hydroxyl groups is 1. The Hall–Kier alpha value is -1.10. The van der Waals surface area contributed by atoms with Gasteiger partial charge >= 0.3 is 0 Å². The summed E-state index contributed by atoms with van der Waals surface area (Å²) in [6.45, 7) is 6.55. The number of piperidine rings is 1. The summed E-state index contributed by atoms with van der Waals surface area (Å²) in [5.74, 6) is 0.0729. The first-order chi connectivity index (χ1) is 9.83. The first kappa shape index (κ1) is 16.3. The van der Waals surface area contributed by atoms with Gasteiger partial charge in [0, 0.05) is 25.9 Å². The fourth-order valence-electron chi connectivity index (χ4n) is 3.70. The number of rotatable bonds is 3. The van der Waals surface area contributed by atoms with Crippen LogP contribution in [0.3, 0.4) is 0 Å². The van der Waals surface area contributed by atoms with E-state index < -0.39 is 11.6 Å². The standard InChI is InChI=1S/C16H28N2O3/c1-11(2)14(17-12(3)19)15(20)18-9-8-16(21)7-5-4-6-13(16)10-18/h11,13-14,21H,4-10H2,1-3H3,(H,17,19). The van der Waals surface area contributed by atoms with E-state index in [0.29, 0.717) is 19.5 Å². The molecule has 2 N–H and O–H groups in total. The van der Waals surface area contributed by atoms with Crippen LogP contribution < -0.4 is 5.32 Å². The zero-order valence-electron chi connectivity index (χ0n) is 13.4. The first-order valence-electron chi connectivity index (χ1n) is 8.12. The molecule has 3 atom stereocenters. The highest BCUT2D eigenvalue weighted by atomic mass is 16.3. The summed E-state index contributed by atoms with van der Waals surface area (Å²) in [6, 6.07) is -0.461. The summed E-state index contributed by atoms with van der Waals surface area (Å²) in [4.78, 5) is 25.8. The van der Waals surface area contributed by atoms with Gasteiger partial charge in [0.05, 0.1) is 5.60 Å². The lowest BCUT2D eigenvalue weighted by molar-refractivity contribution is -0.147. The van der Waals surface area contributed by atoms with E-state index in [4.69, 9.17) is 0 Å². The maximum atomic E-state index is 12.7. The van der Waals surface area contributed by atoms with Crippen LogP contribution in [0.4, 0.5) is 0 Å². The highest BCUT2D eigenvalue weighted by molar-refractivity contribution is 5.87. The van der Waals surface area contributed by atoms with Crippen LogP contribution in [0, 0.1) is 11.8 Å². The molecule has 5 nitrogen and oxygen atoms in total. The number of fused-ring (bicyclic) bond motifs is 1. The van der Waals surface area contributed by atoms with Crippen molar-refractivity contribution in [2.24, 2.45) is 11.8 Å². The van der Waals surface area contributed by atoms with Crippen molar-refractivity contribution in [2.45, 2.75) is 64.5 Å². The van der Waals surface area contributed by atoms with Gasteiger partial charge in [-0.3, -0.25) is 9.59 Å². The lowest BCUT2D eigenvalue weighted by atomic mass is 9.71. The Morgan fingerprint density at radius 1 is 1.29 bits per heavy atom. The normalized spacial score (nSPS) is 30.7. The Labute approximate surface area is 127 Å². The number of likely N-dealkylation sites (tertiary alicyclic amines) is 1. The topological polar surface area (TPSA) is 69.6 Å². The zero-order chi connectivity index (χ0) is 15.6. The monoisotopic (exact) mass is 296 g/mol. The second-order valence-electron chi connectivity index (χ2n) is 7.00. The lowest BCUT2D eigenvalue weighted by Gasteiger charge is -2.48. The van der Waals surface area contributed by atoms with E-state index in [9.17, 15) is 14.7 Å². The van der Waals surface area contributed by atoms with Crippen LogP contribution in [-0.2, 0) is 9.59 Å². The summed E-state index contributed by atoms with van der Waals surface area (Å²) in [6.07, 6.45) is 4.73. The molecule has 5 heteroatoms. The van der Waals surface area contributed by atoms with Gasteiger partial charge in [0.2, 0.25) is 11.8 Å². The minimum absolute atomic E-state index is 0.00664. The van der Waals surface area contributed by atoms with Crippen LogP contribution in [0.15, 0.2) is 0 Å². The molecule has 1 saturated carbocycles. The van der Waals surface area contributed by atoms with Gasteiger partial charge in [-0.15, -0.1) is 0 Å². The Morgan fingerprint density at radius 3 is 2.62 bits per heavy atom. The molecular formula is C16H28N2O3. The summed E-state index contributed by atoms with van der Waals surface area (Å²) < 4.78 is 0. The van der Waals surface area contributed by atoms with Crippen molar-refractivity contribution in [3.63, 3.8) is 0 Å². The number of amides is 2. The van der Waals surface area contributed by atoms with Gasteiger partial charge in [0.1, 0.15) is 6.04 Å². The van der Waals surface area contributed by atoms with Crippen LogP contribution >= 0.6 is 0 Å². The molecule has 1 saturated heterocycles.